The first-order valence-corrected chi connectivity index (χ1v) is 5.17. The van der Waals surface area contributed by atoms with E-state index < -0.39 is 0 Å². The Hall–Kier alpha value is -0.870. The summed E-state index contributed by atoms with van der Waals surface area (Å²) in [5, 5.41) is 0. The van der Waals surface area contributed by atoms with Gasteiger partial charge in [-0.1, -0.05) is 0 Å². The lowest BCUT2D eigenvalue weighted by molar-refractivity contribution is 0.0612. The molecule has 0 aliphatic carbocycles. The molecule has 1 aromatic rings. The van der Waals surface area contributed by atoms with Crippen LogP contribution in [-0.2, 0) is 17.8 Å². The Bertz CT molecular complexity index is 279. The number of nitrogens with two attached hydrogens (primary N) is 1. The predicted molar refractivity (Wildman–Crippen MR) is 53.7 cm³/mol. The first-order valence-electron chi connectivity index (χ1n) is 5.17. The van der Waals surface area contributed by atoms with Crippen LogP contribution in [0.3, 0.4) is 0 Å². The predicted octanol–water partition coefficient (Wildman–Crippen LogP) is 0.768. The van der Waals surface area contributed by atoms with Gasteiger partial charge in [-0.15, -0.1) is 0 Å². The number of hydrogen-bond acceptors (Lipinski definition) is 3. The third-order valence-corrected chi connectivity index (χ3v) is 2.71. The molecular formula is C10H17N3O. The number of ether oxygens (including phenoxy) is 1. The van der Waals surface area contributed by atoms with Crippen molar-refractivity contribution in [1.29, 1.82) is 0 Å². The summed E-state index contributed by atoms with van der Waals surface area (Å²) in [6, 6.07) is 0. The second-order valence-electron chi connectivity index (χ2n) is 3.82. The molecule has 1 aliphatic rings. The second kappa shape index (κ2) is 4.57. The molecule has 0 amide bonds. The van der Waals surface area contributed by atoms with Crippen LogP contribution in [0.25, 0.3) is 0 Å². The average molecular weight is 195 g/mol. The molecule has 0 spiro atoms. The van der Waals surface area contributed by atoms with E-state index in [9.17, 15) is 0 Å². The normalized spacial score (nSPS) is 18.6. The maximum absolute atomic E-state index is 5.50. The first-order chi connectivity index (χ1) is 6.88. The second-order valence-corrected chi connectivity index (χ2v) is 3.82. The van der Waals surface area contributed by atoms with Gasteiger partial charge in [0, 0.05) is 32.5 Å². The van der Waals surface area contributed by atoms with Gasteiger partial charge in [-0.2, -0.15) is 0 Å². The van der Waals surface area contributed by atoms with E-state index in [1.54, 1.807) is 0 Å². The van der Waals surface area contributed by atoms with Gasteiger partial charge in [0.15, 0.2) is 0 Å². The fourth-order valence-electron chi connectivity index (χ4n) is 1.84. The Morgan fingerprint density at radius 1 is 1.50 bits per heavy atom. The van der Waals surface area contributed by atoms with E-state index in [1.807, 2.05) is 12.5 Å². The first kappa shape index (κ1) is 9.68. The van der Waals surface area contributed by atoms with E-state index >= 15 is 0 Å². The molecule has 4 nitrogen and oxygen atoms in total. The lowest BCUT2D eigenvalue weighted by atomic mass is 10.0. The van der Waals surface area contributed by atoms with E-state index in [-0.39, 0.29) is 0 Å². The Kier molecular flexibility index (Phi) is 3.16. The third kappa shape index (κ3) is 2.33. The summed E-state index contributed by atoms with van der Waals surface area (Å²) in [5.74, 6) is 0.739. The molecule has 2 rings (SSSR count). The highest BCUT2D eigenvalue weighted by Crippen LogP contribution is 2.16. The van der Waals surface area contributed by atoms with E-state index in [1.165, 1.54) is 0 Å². The van der Waals surface area contributed by atoms with Gasteiger partial charge in [-0.3, -0.25) is 0 Å². The van der Waals surface area contributed by atoms with Crippen molar-refractivity contribution in [2.24, 2.45) is 11.7 Å². The largest absolute Gasteiger partial charge is 0.381 e. The van der Waals surface area contributed by atoms with Crippen LogP contribution in [0.5, 0.6) is 0 Å². The summed E-state index contributed by atoms with van der Waals surface area (Å²) in [7, 11) is 0. The summed E-state index contributed by atoms with van der Waals surface area (Å²) in [6.07, 6.45) is 6.24. The maximum Gasteiger partial charge on any atom is 0.0950 e. The van der Waals surface area contributed by atoms with Crippen molar-refractivity contribution in [2.45, 2.75) is 25.9 Å². The summed E-state index contributed by atoms with van der Waals surface area (Å²) in [4.78, 5) is 4.21. The van der Waals surface area contributed by atoms with Crippen molar-refractivity contribution < 1.29 is 4.74 Å². The fraction of sp³-hybridized carbons (Fsp3) is 0.700. The van der Waals surface area contributed by atoms with Crippen LogP contribution >= 0.6 is 0 Å². The van der Waals surface area contributed by atoms with Crippen LogP contribution in [0, 0.1) is 5.92 Å². The quantitative estimate of drug-likeness (QED) is 0.775. The van der Waals surface area contributed by atoms with Crippen LogP contribution in [0.2, 0.25) is 0 Å². The summed E-state index contributed by atoms with van der Waals surface area (Å²) < 4.78 is 7.46. The van der Waals surface area contributed by atoms with Crippen molar-refractivity contribution in [2.75, 3.05) is 13.2 Å². The number of nitrogens with zero attached hydrogens (tertiary/aromatic N) is 2. The summed E-state index contributed by atoms with van der Waals surface area (Å²) >= 11 is 0. The van der Waals surface area contributed by atoms with Gasteiger partial charge in [0.25, 0.3) is 0 Å². The summed E-state index contributed by atoms with van der Waals surface area (Å²) in [5.41, 5.74) is 6.47. The monoisotopic (exact) mass is 195 g/mol. The molecule has 4 heteroatoms. The Labute approximate surface area is 84.1 Å². The van der Waals surface area contributed by atoms with Gasteiger partial charge < -0.3 is 15.0 Å². The average Bonchev–Trinajstić information content (AvgIpc) is 2.67. The van der Waals surface area contributed by atoms with Gasteiger partial charge in [0.05, 0.1) is 12.0 Å². The lowest BCUT2D eigenvalue weighted by Gasteiger charge is -2.21. The molecule has 1 aliphatic heterocycles. The molecular weight excluding hydrogens is 178 g/mol. The number of imidazole rings is 1. The van der Waals surface area contributed by atoms with E-state index in [0.29, 0.717) is 6.54 Å². The van der Waals surface area contributed by atoms with Crippen molar-refractivity contribution in [3.63, 3.8) is 0 Å². The van der Waals surface area contributed by atoms with E-state index in [4.69, 9.17) is 10.5 Å². The molecule has 2 N–H and O–H groups in total. The van der Waals surface area contributed by atoms with Crippen molar-refractivity contribution in [3.05, 3.63) is 18.2 Å². The maximum atomic E-state index is 5.50. The van der Waals surface area contributed by atoms with Crippen LogP contribution in [-0.4, -0.2) is 22.8 Å². The minimum atomic E-state index is 0.529. The molecule has 1 aromatic heterocycles. The topological polar surface area (TPSA) is 53.1 Å². The minimum absolute atomic E-state index is 0.529. The highest BCUT2D eigenvalue weighted by molar-refractivity contribution is 4.95. The van der Waals surface area contributed by atoms with Gasteiger partial charge in [-0.05, 0) is 18.8 Å². The molecule has 1 saturated heterocycles. The van der Waals surface area contributed by atoms with Crippen LogP contribution in [0.4, 0.5) is 0 Å². The molecule has 78 valence electrons. The number of aromatic nitrogens is 2. The molecule has 0 bridgehead atoms. The molecule has 0 atom stereocenters. The Balaban J connectivity index is 1.89. The Morgan fingerprint density at radius 3 is 2.93 bits per heavy atom. The molecule has 0 aromatic carbocycles. The number of rotatable bonds is 3. The fourth-order valence-corrected chi connectivity index (χ4v) is 1.84. The van der Waals surface area contributed by atoms with Crippen LogP contribution in [0.1, 0.15) is 18.5 Å². The zero-order chi connectivity index (χ0) is 9.80. The van der Waals surface area contributed by atoms with Gasteiger partial charge >= 0.3 is 0 Å². The van der Waals surface area contributed by atoms with Crippen LogP contribution < -0.4 is 5.73 Å². The van der Waals surface area contributed by atoms with Crippen molar-refractivity contribution >= 4 is 0 Å². The molecule has 0 unspecified atom stereocenters. The van der Waals surface area contributed by atoms with E-state index in [2.05, 4.69) is 9.55 Å². The minimum Gasteiger partial charge on any atom is -0.381 e. The molecule has 0 radical (unpaired) electrons. The highest BCUT2D eigenvalue weighted by atomic mass is 16.5. The van der Waals surface area contributed by atoms with Gasteiger partial charge in [-0.25, -0.2) is 4.98 Å². The third-order valence-electron chi connectivity index (χ3n) is 2.71. The summed E-state index contributed by atoms with van der Waals surface area (Å²) in [6.45, 7) is 3.39. The van der Waals surface area contributed by atoms with E-state index in [0.717, 1.165) is 44.2 Å². The molecule has 2 heterocycles. The molecule has 14 heavy (non-hydrogen) atoms. The standard InChI is InChI=1S/C10H17N3O/c11-5-10-7-13(8-12-10)6-9-1-3-14-4-2-9/h7-9H,1-6,11H2. The van der Waals surface area contributed by atoms with Crippen molar-refractivity contribution in [3.8, 4) is 0 Å². The zero-order valence-corrected chi connectivity index (χ0v) is 8.35. The molecule has 0 saturated carbocycles. The van der Waals surface area contributed by atoms with Crippen LogP contribution in [0.15, 0.2) is 12.5 Å². The zero-order valence-electron chi connectivity index (χ0n) is 8.35. The SMILES string of the molecule is NCc1cn(CC2CCOCC2)cn1. The van der Waals surface area contributed by atoms with Gasteiger partial charge in [0.1, 0.15) is 0 Å². The number of hydrogen-bond donors (Lipinski definition) is 1. The van der Waals surface area contributed by atoms with Crippen molar-refractivity contribution in [1.82, 2.24) is 9.55 Å². The van der Waals surface area contributed by atoms with Gasteiger partial charge in [0.2, 0.25) is 0 Å². The smallest absolute Gasteiger partial charge is 0.0950 e. The lowest BCUT2D eigenvalue weighted by Crippen LogP contribution is -2.19. The molecule has 1 fully saturated rings. The highest BCUT2D eigenvalue weighted by Gasteiger charge is 2.14. The Morgan fingerprint density at radius 2 is 2.29 bits per heavy atom.